The molecule has 0 radical (unpaired) electrons. The van der Waals surface area contributed by atoms with Crippen LogP contribution in [-0.4, -0.2) is 48.5 Å². The minimum atomic E-state index is -0.788. The van der Waals surface area contributed by atoms with E-state index in [1.54, 1.807) is 32.9 Å². The highest BCUT2D eigenvalue weighted by atomic mass is 19.1. The number of nitriles is 1. The first-order valence-electron chi connectivity index (χ1n) is 10.1. The Morgan fingerprint density at radius 1 is 1.34 bits per heavy atom. The lowest BCUT2D eigenvalue weighted by molar-refractivity contribution is 0.0507. The molecule has 2 heterocycles. The summed E-state index contributed by atoms with van der Waals surface area (Å²) in [7, 11) is 1.18. The summed E-state index contributed by atoms with van der Waals surface area (Å²) in [6.45, 7) is 6.29. The number of nitrogens with two attached hydrogens (primary N) is 1. The van der Waals surface area contributed by atoms with Crippen molar-refractivity contribution in [3.63, 3.8) is 0 Å². The lowest BCUT2D eigenvalue weighted by Gasteiger charge is -2.24. The molecule has 1 fully saturated rings. The molecule has 1 saturated heterocycles. The van der Waals surface area contributed by atoms with Crippen molar-refractivity contribution in [2.75, 3.05) is 30.8 Å². The Morgan fingerprint density at radius 2 is 2.06 bits per heavy atom. The molecule has 0 saturated carbocycles. The van der Waals surface area contributed by atoms with Crippen molar-refractivity contribution in [3.05, 3.63) is 41.5 Å². The fourth-order valence-corrected chi connectivity index (χ4v) is 3.66. The molecule has 0 aliphatic carbocycles. The largest absolute Gasteiger partial charge is 0.464 e. The van der Waals surface area contributed by atoms with Crippen LogP contribution in [0, 0.1) is 17.1 Å². The first kappa shape index (κ1) is 22.9. The first-order valence-corrected chi connectivity index (χ1v) is 10.1. The van der Waals surface area contributed by atoms with Crippen molar-refractivity contribution in [3.8, 4) is 11.8 Å². The van der Waals surface area contributed by atoms with Gasteiger partial charge in [-0.25, -0.2) is 14.0 Å². The molecule has 32 heavy (non-hydrogen) atoms. The third-order valence-electron chi connectivity index (χ3n) is 5.00. The van der Waals surface area contributed by atoms with Crippen LogP contribution in [0.25, 0.3) is 5.69 Å². The Morgan fingerprint density at radius 3 is 2.69 bits per heavy atom. The summed E-state index contributed by atoms with van der Waals surface area (Å²) in [5.74, 6) is -1.39. The number of alkyl carbamates (subject to hydrolysis) is 1. The van der Waals surface area contributed by atoms with E-state index in [0.717, 1.165) is 0 Å². The van der Waals surface area contributed by atoms with Gasteiger partial charge < -0.3 is 30.0 Å². The van der Waals surface area contributed by atoms with E-state index in [4.69, 9.17) is 15.2 Å². The summed E-state index contributed by atoms with van der Waals surface area (Å²) in [6, 6.07) is 6.22. The Hall–Kier alpha value is -3.74. The maximum Gasteiger partial charge on any atom is 0.407 e. The van der Waals surface area contributed by atoms with Crippen LogP contribution in [0.15, 0.2) is 24.4 Å². The second kappa shape index (κ2) is 8.78. The zero-order valence-electron chi connectivity index (χ0n) is 18.4. The van der Waals surface area contributed by atoms with Gasteiger partial charge in [-0.2, -0.15) is 5.26 Å². The maximum atomic E-state index is 15.1. The summed E-state index contributed by atoms with van der Waals surface area (Å²) >= 11 is 0. The summed E-state index contributed by atoms with van der Waals surface area (Å²) in [5, 5.41) is 12.2. The average Bonchev–Trinajstić information content (AvgIpc) is 3.29. The molecule has 1 atom stereocenters. The molecule has 1 aromatic heterocycles. The minimum Gasteiger partial charge on any atom is -0.464 e. The number of hydrogen-bond acceptors (Lipinski definition) is 7. The van der Waals surface area contributed by atoms with Gasteiger partial charge >= 0.3 is 12.1 Å². The molecule has 3 N–H and O–H groups in total. The summed E-state index contributed by atoms with van der Waals surface area (Å²) in [4.78, 5) is 26.4. The van der Waals surface area contributed by atoms with Crippen LogP contribution in [0.2, 0.25) is 0 Å². The molecule has 1 aliphatic rings. The van der Waals surface area contributed by atoms with E-state index >= 15 is 4.39 Å². The number of carbonyl (C=O) groups is 2. The van der Waals surface area contributed by atoms with Crippen molar-refractivity contribution in [2.45, 2.75) is 38.8 Å². The number of para-hydroxylation sites is 1. The molecule has 170 valence electrons. The number of nitrogens with one attached hydrogen (secondary N) is 1. The Kier molecular flexibility index (Phi) is 6.30. The quantitative estimate of drug-likeness (QED) is 0.697. The maximum absolute atomic E-state index is 15.1. The molecule has 1 aliphatic heterocycles. The van der Waals surface area contributed by atoms with E-state index in [0.29, 0.717) is 25.2 Å². The van der Waals surface area contributed by atoms with Gasteiger partial charge in [0.1, 0.15) is 23.2 Å². The topological polar surface area (TPSA) is 123 Å². The summed E-state index contributed by atoms with van der Waals surface area (Å²) < 4.78 is 26.4. The van der Waals surface area contributed by atoms with Gasteiger partial charge in [0.15, 0.2) is 5.69 Å². The van der Waals surface area contributed by atoms with Crippen molar-refractivity contribution in [1.29, 1.82) is 5.26 Å². The van der Waals surface area contributed by atoms with Gasteiger partial charge in [0.05, 0.1) is 30.1 Å². The SMILES string of the molecule is COC(=O)c1c(N)c(C#N)cn1-c1c(F)cccc1N1CCC(NC(=O)OC(C)(C)C)C1. The van der Waals surface area contributed by atoms with Crippen LogP contribution >= 0.6 is 0 Å². The molecule has 3 rings (SSSR count). The Bertz CT molecular complexity index is 1080. The third kappa shape index (κ3) is 4.61. The summed E-state index contributed by atoms with van der Waals surface area (Å²) in [6.07, 6.45) is 1.42. The predicted molar refractivity (Wildman–Crippen MR) is 116 cm³/mol. The van der Waals surface area contributed by atoms with Crippen LogP contribution in [0.1, 0.15) is 43.2 Å². The molecule has 1 unspecified atom stereocenters. The van der Waals surface area contributed by atoms with Gasteiger partial charge in [-0.3, -0.25) is 0 Å². The summed E-state index contributed by atoms with van der Waals surface area (Å²) in [5.41, 5.74) is 5.73. The number of rotatable bonds is 4. The number of aromatic nitrogens is 1. The normalized spacial score (nSPS) is 15.9. The molecule has 0 bridgehead atoms. The van der Waals surface area contributed by atoms with Gasteiger partial charge in [0.25, 0.3) is 0 Å². The van der Waals surface area contributed by atoms with Crippen molar-refractivity contribution >= 4 is 23.4 Å². The lowest BCUT2D eigenvalue weighted by Crippen LogP contribution is -2.40. The first-order chi connectivity index (χ1) is 15.1. The average molecular weight is 443 g/mol. The number of nitrogen functional groups attached to an aromatic ring is 1. The molecule has 10 heteroatoms. The van der Waals surface area contributed by atoms with E-state index in [9.17, 15) is 14.9 Å². The molecule has 0 spiro atoms. The third-order valence-corrected chi connectivity index (χ3v) is 5.00. The highest BCUT2D eigenvalue weighted by molar-refractivity contribution is 5.96. The monoisotopic (exact) mass is 443 g/mol. The lowest BCUT2D eigenvalue weighted by atomic mass is 10.2. The van der Waals surface area contributed by atoms with Gasteiger partial charge in [-0.15, -0.1) is 0 Å². The molecule has 9 nitrogen and oxygen atoms in total. The van der Waals surface area contributed by atoms with Gasteiger partial charge in [-0.1, -0.05) is 6.07 Å². The predicted octanol–water partition coefficient (Wildman–Crippen LogP) is 2.96. The highest BCUT2D eigenvalue weighted by Gasteiger charge is 2.30. The van der Waals surface area contributed by atoms with Crippen molar-refractivity contribution in [2.24, 2.45) is 0 Å². The molecule has 2 aromatic rings. The fourth-order valence-electron chi connectivity index (χ4n) is 3.66. The van der Waals surface area contributed by atoms with Gasteiger partial charge in [0.2, 0.25) is 0 Å². The highest BCUT2D eigenvalue weighted by Crippen LogP contribution is 2.34. The number of ether oxygens (including phenoxy) is 2. The smallest absolute Gasteiger partial charge is 0.407 e. The van der Waals surface area contributed by atoms with Gasteiger partial charge in [-0.05, 0) is 39.3 Å². The second-order valence-corrected chi connectivity index (χ2v) is 8.46. The van der Waals surface area contributed by atoms with E-state index in [1.807, 2.05) is 11.0 Å². The number of benzene rings is 1. The molecule has 1 amide bonds. The Labute approximate surface area is 185 Å². The van der Waals surface area contributed by atoms with Crippen LogP contribution in [0.5, 0.6) is 0 Å². The van der Waals surface area contributed by atoms with Crippen LogP contribution in [-0.2, 0) is 9.47 Å². The number of halogens is 1. The van der Waals surface area contributed by atoms with E-state index < -0.39 is 23.5 Å². The number of hydrogen-bond donors (Lipinski definition) is 2. The minimum absolute atomic E-state index is 0.0329. The van der Waals surface area contributed by atoms with E-state index in [2.05, 4.69) is 5.32 Å². The number of carbonyl (C=O) groups excluding carboxylic acids is 2. The number of amides is 1. The van der Waals surface area contributed by atoms with Crippen molar-refractivity contribution in [1.82, 2.24) is 9.88 Å². The number of anilines is 2. The number of nitrogens with zero attached hydrogens (tertiary/aromatic N) is 3. The fraction of sp³-hybridized carbons (Fsp3) is 0.409. The van der Waals surface area contributed by atoms with E-state index in [-0.39, 0.29) is 28.7 Å². The van der Waals surface area contributed by atoms with Crippen LogP contribution in [0.3, 0.4) is 0 Å². The zero-order valence-corrected chi connectivity index (χ0v) is 18.4. The van der Waals surface area contributed by atoms with Crippen LogP contribution < -0.4 is 16.0 Å². The molecular weight excluding hydrogens is 417 g/mol. The Balaban J connectivity index is 1.95. The van der Waals surface area contributed by atoms with Crippen LogP contribution in [0.4, 0.5) is 20.6 Å². The standard InChI is InChI=1S/C22H26FN5O4/c1-22(2,3)32-21(30)26-14-8-9-27(12-14)16-7-5-6-15(23)18(16)28-11-13(10-24)17(25)19(28)20(29)31-4/h5-7,11,14H,8-9,12,25H2,1-4H3,(H,26,30). The van der Waals surface area contributed by atoms with Gasteiger partial charge in [0, 0.05) is 19.3 Å². The zero-order chi connectivity index (χ0) is 23.6. The molecule has 1 aromatic carbocycles. The number of methoxy groups -OCH3 is 1. The number of esters is 1. The second-order valence-electron chi connectivity index (χ2n) is 8.46. The molecular formula is C22H26FN5O4. The van der Waals surface area contributed by atoms with Crippen molar-refractivity contribution < 1.29 is 23.5 Å². The van der Waals surface area contributed by atoms with E-state index in [1.165, 1.54) is 23.9 Å².